The monoisotopic (exact) mass is 384 g/mol. The van der Waals surface area contributed by atoms with Gasteiger partial charge in [-0.1, -0.05) is 0 Å². The second kappa shape index (κ2) is 7.93. The SMILES string of the molecule is CC1CNCCN1C(=O)CCNC(=O)NC12CC3CC(CC(C3)C1)C2.Cl. The van der Waals surface area contributed by atoms with Crippen LogP contribution in [0.15, 0.2) is 0 Å². The molecule has 0 aromatic rings. The molecule has 4 bridgehead atoms. The smallest absolute Gasteiger partial charge is 0.315 e. The molecule has 1 heterocycles. The Balaban J connectivity index is 0.00000196. The van der Waals surface area contributed by atoms with Crippen LogP contribution < -0.4 is 16.0 Å². The van der Waals surface area contributed by atoms with Crippen molar-refractivity contribution in [1.82, 2.24) is 20.9 Å². The van der Waals surface area contributed by atoms with Gasteiger partial charge in [0.1, 0.15) is 0 Å². The largest absolute Gasteiger partial charge is 0.338 e. The summed E-state index contributed by atoms with van der Waals surface area (Å²) in [6.45, 7) is 4.96. The third-order valence-electron chi connectivity index (χ3n) is 6.86. The van der Waals surface area contributed by atoms with Crippen molar-refractivity contribution in [2.75, 3.05) is 26.2 Å². The molecule has 1 aliphatic heterocycles. The van der Waals surface area contributed by atoms with Crippen LogP contribution in [0, 0.1) is 17.8 Å². The summed E-state index contributed by atoms with van der Waals surface area (Å²) in [6, 6.07) is 0.158. The molecule has 26 heavy (non-hydrogen) atoms. The maximum absolute atomic E-state index is 12.4. The molecule has 5 aliphatic rings. The molecule has 148 valence electrons. The van der Waals surface area contributed by atoms with Gasteiger partial charge in [0.25, 0.3) is 0 Å². The first-order valence-electron chi connectivity index (χ1n) is 10.1. The van der Waals surface area contributed by atoms with E-state index in [1.165, 1.54) is 19.3 Å². The highest BCUT2D eigenvalue weighted by atomic mass is 35.5. The number of halogens is 1. The summed E-state index contributed by atoms with van der Waals surface area (Å²) in [5, 5.41) is 9.52. The lowest BCUT2D eigenvalue weighted by Gasteiger charge is -2.56. The fourth-order valence-electron chi connectivity index (χ4n) is 6.19. The van der Waals surface area contributed by atoms with Crippen molar-refractivity contribution >= 4 is 24.3 Å². The van der Waals surface area contributed by atoms with Crippen molar-refractivity contribution in [3.63, 3.8) is 0 Å². The molecule has 1 atom stereocenters. The van der Waals surface area contributed by atoms with Crippen molar-refractivity contribution in [1.29, 1.82) is 0 Å². The van der Waals surface area contributed by atoms with Gasteiger partial charge in [0.2, 0.25) is 5.91 Å². The first kappa shape index (κ1) is 19.7. The summed E-state index contributed by atoms with van der Waals surface area (Å²) < 4.78 is 0. The van der Waals surface area contributed by atoms with E-state index < -0.39 is 0 Å². The van der Waals surface area contributed by atoms with Crippen LogP contribution >= 0.6 is 12.4 Å². The second-order valence-electron chi connectivity index (χ2n) is 8.97. The van der Waals surface area contributed by atoms with Crippen LogP contribution in [-0.4, -0.2) is 54.6 Å². The van der Waals surface area contributed by atoms with E-state index >= 15 is 0 Å². The number of piperazine rings is 1. The van der Waals surface area contributed by atoms with E-state index in [0.29, 0.717) is 13.0 Å². The van der Waals surface area contributed by atoms with Crippen LogP contribution in [0.5, 0.6) is 0 Å². The zero-order valence-corrected chi connectivity index (χ0v) is 16.6. The number of rotatable bonds is 4. The van der Waals surface area contributed by atoms with E-state index in [0.717, 1.165) is 56.7 Å². The van der Waals surface area contributed by atoms with Crippen molar-refractivity contribution in [3.8, 4) is 0 Å². The van der Waals surface area contributed by atoms with Gasteiger partial charge in [-0.3, -0.25) is 4.79 Å². The van der Waals surface area contributed by atoms with Gasteiger partial charge in [-0.05, 0) is 63.2 Å². The highest BCUT2D eigenvalue weighted by Crippen LogP contribution is 2.55. The van der Waals surface area contributed by atoms with Gasteiger partial charge in [0.05, 0.1) is 0 Å². The minimum absolute atomic E-state index is 0. The summed E-state index contributed by atoms with van der Waals surface area (Å²) >= 11 is 0. The van der Waals surface area contributed by atoms with Gasteiger partial charge in [-0.2, -0.15) is 0 Å². The van der Waals surface area contributed by atoms with Gasteiger partial charge in [-0.25, -0.2) is 4.79 Å². The number of amides is 3. The van der Waals surface area contributed by atoms with E-state index in [2.05, 4.69) is 22.9 Å². The second-order valence-corrected chi connectivity index (χ2v) is 8.97. The predicted molar refractivity (Wildman–Crippen MR) is 103 cm³/mol. The van der Waals surface area contributed by atoms with E-state index in [9.17, 15) is 9.59 Å². The van der Waals surface area contributed by atoms with Crippen LogP contribution in [0.1, 0.15) is 51.9 Å². The first-order valence-corrected chi connectivity index (χ1v) is 10.1. The Labute approximate surface area is 162 Å². The van der Waals surface area contributed by atoms with Crippen molar-refractivity contribution in [3.05, 3.63) is 0 Å². The molecule has 4 aliphatic carbocycles. The molecule has 0 aromatic carbocycles. The molecule has 3 amide bonds. The number of hydrogen-bond acceptors (Lipinski definition) is 3. The molecule has 7 heteroatoms. The number of hydrogen-bond donors (Lipinski definition) is 3. The summed E-state index contributed by atoms with van der Waals surface area (Å²) in [5.41, 5.74) is 0.0376. The summed E-state index contributed by atoms with van der Waals surface area (Å²) in [7, 11) is 0. The fourth-order valence-corrected chi connectivity index (χ4v) is 6.19. The Morgan fingerprint density at radius 2 is 1.73 bits per heavy atom. The minimum atomic E-state index is -0.0805. The highest BCUT2D eigenvalue weighted by molar-refractivity contribution is 5.85. The molecule has 5 fully saturated rings. The van der Waals surface area contributed by atoms with Crippen molar-refractivity contribution in [2.45, 2.75) is 63.5 Å². The Hall–Kier alpha value is -1.01. The van der Waals surface area contributed by atoms with Gasteiger partial charge in [0.15, 0.2) is 0 Å². The standard InChI is InChI=1S/C19H32N4O2.ClH/c1-13-12-20-4-5-23(13)17(24)2-3-21-18(25)22-19-9-14-6-15(10-19)8-16(7-14)11-19;/h13-16,20H,2-12H2,1H3,(H2,21,22,25);1H. The first-order chi connectivity index (χ1) is 12.0. The van der Waals surface area contributed by atoms with Gasteiger partial charge in [0, 0.05) is 44.2 Å². The quantitative estimate of drug-likeness (QED) is 0.693. The lowest BCUT2D eigenvalue weighted by molar-refractivity contribution is -0.133. The third-order valence-corrected chi connectivity index (χ3v) is 6.86. The molecule has 4 saturated carbocycles. The summed E-state index contributed by atoms with van der Waals surface area (Å²) in [5.74, 6) is 2.61. The molecule has 3 N–H and O–H groups in total. The zero-order chi connectivity index (χ0) is 17.4. The van der Waals surface area contributed by atoms with Crippen LogP contribution in [0.3, 0.4) is 0 Å². The topological polar surface area (TPSA) is 73.5 Å². The van der Waals surface area contributed by atoms with Crippen LogP contribution in [-0.2, 0) is 4.79 Å². The molecular formula is C19H33ClN4O2. The predicted octanol–water partition coefficient (Wildman–Crippen LogP) is 1.89. The fraction of sp³-hybridized carbons (Fsp3) is 0.895. The lowest BCUT2D eigenvalue weighted by atomic mass is 9.53. The average molecular weight is 385 g/mol. The maximum Gasteiger partial charge on any atom is 0.315 e. The van der Waals surface area contributed by atoms with Crippen LogP contribution in [0.4, 0.5) is 4.79 Å². The van der Waals surface area contributed by atoms with Gasteiger partial charge >= 0.3 is 6.03 Å². The van der Waals surface area contributed by atoms with Crippen LogP contribution in [0.2, 0.25) is 0 Å². The molecule has 0 radical (unpaired) electrons. The molecule has 1 saturated heterocycles. The highest BCUT2D eigenvalue weighted by Gasteiger charge is 2.51. The average Bonchev–Trinajstić information content (AvgIpc) is 2.53. The molecular weight excluding hydrogens is 352 g/mol. The molecule has 1 unspecified atom stereocenters. The van der Waals surface area contributed by atoms with Gasteiger partial charge in [-0.15, -0.1) is 12.4 Å². The van der Waals surface area contributed by atoms with E-state index in [1.54, 1.807) is 0 Å². The molecule has 5 rings (SSSR count). The normalized spacial score (nSPS) is 37.8. The maximum atomic E-state index is 12.4. The summed E-state index contributed by atoms with van der Waals surface area (Å²) in [6.07, 6.45) is 7.98. The Bertz CT molecular complexity index is 506. The molecule has 0 aromatic heterocycles. The van der Waals surface area contributed by atoms with Crippen molar-refractivity contribution < 1.29 is 9.59 Å². The van der Waals surface area contributed by atoms with E-state index in [-0.39, 0.29) is 35.9 Å². The molecule has 6 nitrogen and oxygen atoms in total. The Morgan fingerprint density at radius 1 is 1.12 bits per heavy atom. The van der Waals surface area contributed by atoms with E-state index in [1.807, 2.05) is 4.90 Å². The number of urea groups is 1. The number of nitrogens with one attached hydrogen (secondary N) is 3. The van der Waals surface area contributed by atoms with Crippen LogP contribution in [0.25, 0.3) is 0 Å². The lowest BCUT2D eigenvalue weighted by Crippen LogP contribution is -2.61. The molecule has 0 spiro atoms. The summed E-state index contributed by atoms with van der Waals surface area (Å²) in [4.78, 5) is 26.6. The van der Waals surface area contributed by atoms with E-state index in [4.69, 9.17) is 0 Å². The number of nitrogens with zero attached hydrogens (tertiary/aromatic N) is 1. The minimum Gasteiger partial charge on any atom is -0.338 e. The number of carbonyl (C=O) groups excluding carboxylic acids is 2. The van der Waals surface area contributed by atoms with Gasteiger partial charge < -0.3 is 20.9 Å². The Morgan fingerprint density at radius 3 is 2.31 bits per heavy atom. The van der Waals surface area contributed by atoms with Crippen molar-refractivity contribution in [2.24, 2.45) is 17.8 Å². The Kier molecular flexibility index (Phi) is 6.02. The number of carbonyl (C=O) groups is 2. The third kappa shape index (κ3) is 4.11. The zero-order valence-electron chi connectivity index (χ0n) is 15.8.